The first kappa shape index (κ1) is 19.4. The first-order chi connectivity index (χ1) is 12.8. The molecule has 1 saturated heterocycles. The van der Waals surface area contributed by atoms with Crippen molar-refractivity contribution < 1.29 is 23.9 Å². The lowest BCUT2D eigenvalue weighted by Gasteiger charge is -2.38. The average Bonchev–Trinajstić information content (AvgIpc) is 2.69. The molecule has 1 aliphatic rings. The van der Waals surface area contributed by atoms with E-state index in [1.165, 1.54) is 0 Å². The minimum absolute atomic E-state index is 0.169. The molecule has 2 aromatic carbocycles. The minimum atomic E-state index is -1.85. The summed E-state index contributed by atoms with van der Waals surface area (Å²) in [7, 11) is 5.93. The van der Waals surface area contributed by atoms with Crippen molar-refractivity contribution in [2.24, 2.45) is 0 Å². The molecule has 5 heteroatoms. The molecule has 0 spiro atoms. The molecule has 2 aromatic rings. The summed E-state index contributed by atoms with van der Waals surface area (Å²) in [4.78, 5) is 13.1. The van der Waals surface area contributed by atoms with E-state index in [-0.39, 0.29) is 6.10 Å². The van der Waals surface area contributed by atoms with E-state index in [4.69, 9.17) is 9.47 Å². The first-order valence-corrected chi connectivity index (χ1v) is 9.31. The topological polar surface area (TPSA) is 55.8 Å². The van der Waals surface area contributed by atoms with Crippen LogP contribution in [-0.2, 0) is 15.1 Å². The number of nitrogens with zero attached hydrogens (tertiary/aromatic N) is 1. The van der Waals surface area contributed by atoms with Crippen LogP contribution in [0.5, 0.6) is 5.75 Å². The van der Waals surface area contributed by atoms with Crippen LogP contribution in [0.3, 0.4) is 0 Å². The number of hydrogen-bond donors (Lipinski definition) is 1. The fourth-order valence-corrected chi connectivity index (χ4v) is 3.51. The monoisotopic (exact) mass is 370 g/mol. The van der Waals surface area contributed by atoms with Crippen molar-refractivity contribution in [2.45, 2.75) is 24.5 Å². The van der Waals surface area contributed by atoms with Crippen LogP contribution < -0.4 is 4.74 Å². The zero-order chi connectivity index (χ0) is 19.5. The highest BCUT2D eigenvalue weighted by atomic mass is 16.6. The normalized spacial score (nSPS) is 19.1. The number of carbonyl (C=O) groups excluding carboxylic acids is 1. The molecule has 0 amide bonds. The van der Waals surface area contributed by atoms with Gasteiger partial charge in [0.05, 0.1) is 34.3 Å². The second kappa shape index (κ2) is 7.71. The van der Waals surface area contributed by atoms with Gasteiger partial charge in [-0.2, -0.15) is 0 Å². The minimum Gasteiger partial charge on any atom is -0.497 e. The molecular weight excluding hydrogens is 342 g/mol. The summed E-state index contributed by atoms with van der Waals surface area (Å²) in [6.07, 6.45) is 1.43. The number of quaternary nitrogens is 1. The van der Waals surface area contributed by atoms with Gasteiger partial charge in [0.25, 0.3) is 0 Å². The van der Waals surface area contributed by atoms with Gasteiger partial charge >= 0.3 is 5.97 Å². The second-order valence-electron chi connectivity index (χ2n) is 7.79. The van der Waals surface area contributed by atoms with Crippen LogP contribution >= 0.6 is 0 Å². The third-order valence-corrected chi connectivity index (χ3v) is 5.38. The van der Waals surface area contributed by atoms with Crippen molar-refractivity contribution in [3.63, 3.8) is 0 Å². The zero-order valence-corrected chi connectivity index (χ0v) is 16.2. The number of piperidine rings is 1. The fraction of sp³-hybridized carbons (Fsp3) is 0.409. The predicted octanol–water partition coefficient (Wildman–Crippen LogP) is 2.71. The maximum Gasteiger partial charge on any atom is 0.347 e. The van der Waals surface area contributed by atoms with E-state index in [0.29, 0.717) is 16.9 Å². The molecule has 3 rings (SSSR count). The largest absolute Gasteiger partial charge is 0.497 e. The Balaban J connectivity index is 1.89. The lowest BCUT2D eigenvalue weighted by molar-refractivity contribution is -0.896. The third kappa shape index (κ3) is 4.15. The molecule has 0 aromatic heterocycles. The zero-order valence-electron chi connectivity index (χ0n) is 16.2. The van der Waals surface area contributed by atoms with E-state index in [0.717, 1.165) is 30.4 Å². The first-order valence-electron chi connectivity index (χ1n) is 9.31. The molecule has 5 nitrogen and oxygen atoms in total. The van der Waals surface area contributed by atoms with E-state index < -0.39 is 11.6 Å². The van der Waals surface area contributed by atoms with Gasteiger partial charge in [-0.3, -0.25) is 0 Å². The predicted molar refractivity (Wildman–Crippen MR) is 103 cm³/mol. The number of benzene rings is 2. The van der Waals surface area contributed by atoms with E-state index in [9.17, 15) is 9.90 Å². The summed E-state index contributed by atoms with van der Waals surface area (Å²) in [5, 5.41) is 11.5. The van der Waals surface area contributed by atoms with Gasteiger partial charge in [-0.1, -0.05) is 42.5 Å². The van der Waals surface area contributed by atoms with Gasteiger partial charge in [-0.15, -0.1) is 0 Å². The molecule has 1 N–H and O–H groups in total. The lowest BCUT2D eigenvalue weighted by atomic mass is 9.86. The number of aliphatic hydroxyl groups is 1. The van der Waals surface area contributed by atoms with Gasteiger partial charge in [-0.25, -0.2) is 4.79 Å². The number of hydrogen-bond acceptors (Lipinski definition) is 4. The number of esters is 1. The second-order valence-corrected chi connectivity index (χ2v) is 7.79. The Labute approximate surface area is 160 Å². The van der Waals surface area contributed by atoms with Gasteiger partial charge in [0.2, 0.25) is 5.60 Å². The SMILES string of the molecule is COc1ccc(C(O)(C(=O)OC2CC[N+](C)(C)CC2)c2ccccc2)cc1. The highest BCUT2D eigenvalue weighted by Gasteiger charge is 2.43. The van der Waals surface area contributed by atoms with Gasteiger partial charge in [0.15, 0.2) is 0 Å². The fourth-order valence-electron chi connectivity index (χ4n) is 3.51. The number of ether oxygens (including phenoxy) is 2. The van der Waals surface area contributed by atoms with Crippen molar-refractivity contribution in [3.05, 3.63) is 65.7 Å². The third-order valence-electron chi connectivity index (χ3n) is 5.38. The summed E-state index contributed by atoms with van der Waals surface area (Å²) in [6, 6.07) is 15.8. The highest BCUT2D eigenvalue weighted by Crippen LogP contribution is 2.33. The maximum absolute atomic E-state index is 13.1. The van der Waals surface area contributed by atoms with Crippen LogP contribution in [0.4, 0.5) is 0 Å². The van der Waals surface area contributed by atoms with Crippen molar-refractivity contribution in [3.8, 4) is 5.75 Å². The van der Waals surface area contributed by atoms with Gasteiger partial charge in [0, 0.05) is 12.8 Å². The number of likely N-dealkylation sites (tertiary alicyclic amines) is 1. The average molecular weight is 370 g/mol. The molecule has 144 valence electrons. The smallest absolute Gasteiger partial charge is 0.347 e. The molecular formula is C22H28NO4+. The molecule has 1 aliphatic heterocycles. The number of rotatable bonds is 5. The Hall–Kier alpha value is -2.37. The van der Waals surface area contributed by atoms with Crippen LogP contribution in [0.1, 0.15) is 24.0 Å². The summed E-state index contributed by atoms with van der Waals surface area (Å²) < 4.78 is 11.9. The summed E-state index contributed by atoms with van der Waals surface area (Å²) in [6.45, 7) is 1.90. The van der Waals surface area contributed by atoms with Crippen molar-refractivity contribution in [2.75, 3.05) is 34.3 Å². The Kier molecular flexibility index (Phi) is 5.53. The number of methoxy groups -OCH3 is 1. The van der Waals surface area contributed by atoms with Crippen molar-refractivity contribution in [1.82, 2.24) is 0 Å². The molecule has 0 bridgehead atoms. The quantitative estimate of drug-likeness (QED) is 0.650. The van der Waals surface area contributed by atoms with E-state index in [1.807, 2.05) is 6.07 Å². The van der Waals surface area contributed by atoms with Gasteiger partial charge in [-0.05, 0) is 23.3 Å². The molecule has 0 saturated carbocycles. The lowest BCUT2D eigenvalue weighted by Crippen LogP contribution is -2.49. The molecule has 1 atom stereocenters. The molecule has 27 heavy (non-hydrogen) atoms. The Morgan fingerprint density at radius 1 is 1.00 bits per heavy atom. The van der Waals surface area contributed by atoms with Crippen LogP contribution in [0.15, 0.2) is 54.6 Å². The summed E-state index contributed by atoms with van der Waals surface area (Å²) in [5.41, 5.74) is -0.895. The van der Waals surface area contributed by atoms with Crippen LogP contribution in [-0.4, -0.2) is 56.0 Å². The van der Waals surface area contributed by atoms with Gasteiger partial charge in [0.1, 0.15) is 11.9 Å². The highest BCUT2D eigenvalue weighted by molar-refractivity contribution is 5.85. The number of carbonyl (C=O) groups is 1. The van der Waals surface area contributed by atoms with Crippen LogP contribution in [0.2, 0.25) is 0 Å². The molecule has 1 unspecified atom stereocenters. The Bertz CT molecular complexity index is 763. The van der Waals surface area contributed by atoms with Crippen molar-refractivity contribution in [1.29, 1.82) is 0 Å². The summed E-state index contributed by atoms with van der Waals surface area (Å²) in [5.74, 6) is 0.0332. The Morgan fingerprint density at radius 3 is 2.11 bits per heavy atom. The summed E-state index contributed by atoms with van der Waals surface area (Å²) >= 11 is 0. The molecule has 0 aliphatic carbocycles. The molecule has 1 heterocycles. The van der Waals surface area contributed by atoms with Crippen molar-refractivity contribution >= 4 is 5.97 Å². The van der Waals surface area contributed by atoms with E-state index in [2.05, 4.69) is 14.1 Å². The standard InChI is InChI=1S/C22H28NO4/c1-23(2)15-13-20(14-16-23)27-21(24)22(25,17-7-5-4-6-8-17)18-9-11-19(26-3)12-10-18/h4-12,20,25H,13-16H2,1-3H3/q+1. The Morgan fingerprint density at radius 2 is 1.56 bits per heavy atom. The maximum atomic E-state index is 13.1. The van der Waals surface area contributed by atoms with E-state index in [1.54, 1.807) is 55.6 Å². The van der Waals surface area contributed by atoms with Crippen LogP contribution in [0, 0.1) is 0 Å². The molecule has 1 fully saturated rings. The molecule has 0 radical (unpaired) electrons. The van der Waals surface area contributed by atoms with Crippen LogP contribution in [0.25, 0.3) is 0 Å². The van der Waals surface area contributed by atoms with Gasteiger partial charge < -0.3 is 19.1 Å². The van der Waals surface area contributed by atoms with E-state index >= 15 is 0 Å².